The second-order valence-corrected chi connectivity index (χ2v) is 9.99. The topological polar surface area (TPSA) is 125 Å². The summed E-state index contributed by atoms with van der Waals surface area (Å²) in [5.41, 5.74) is 1.57. The lowest BCUT2D eigenvalue weighted by Crippen LogP contribution is -2.46. The number of carbonyl (C=O) groups excluding carboxylic acids is 1. The summed E-state index contributed by atoms with van der Waals surface area (Å²) < 4.78 is 5.24. The van der Waals surface area contributed by atoms with Gasteiger partial charge in [0.05, 0.1) is 31.3 Å². The molecule has 1 amide bonds. The van der Waals surface area contributed by atoms with Crippen LogP contribution in [0.25, 0.3) is 0 Å². The van der Waals surface area contributed by atoms with E-state index in [-0.39, 0.29) is 25.1 Å². The van der Waals surface area contributed by atoms with E-state index < -0.39 is 0 Å². The molecule has 37 heavy (non-hydrogen) atoms. The Labute approximate surface area is 220 Å². The molecule has 1 aliphatic heterocycles. The molecule has 2 aromatic heterocycles. The molecular weight excluding hydrogens is 494 g/mol. The molecule has 1 spiro atoms. The first-order valence-electron chi connectivity index (χ1n) is 12.4. The van der Waals surface area contributed by atoms with Gasteiger partial charge in [0.2, 0.25) is 5.95 Å². The highest BCUT2D eigenvalue weighted by Crippen LogP contribution is 2.55. The first kappa shape index (κ1) is 25.2. The Balaban J connectivity index is 1.38. The summed E-state index contributed by atoms with van der Waals surface area (Å²) >= 11 is 6.29. The minimum absolute atomic E-state index is 0.0392. The lowest BCUT2D eigenvalue weighted by molar-refractivity contribution is 0.0950. The number of aliphatic hydroxyl groups is 1. The third kappa shape index (κ3) is 5.75. The molecule has 5 rings (SSSR count). The largest absolute Gasteiger partial charge is 0.495 e. The molecule has 1 aromatic carbocycles. The lowest BCUT2D eigenvalue weighted by atomic mass is 9.88. The van der Waals surface area contributed by atoms with Crippen molar-refractivity contribution in [2.45, 2.75) is 44.8 Å². The van der Waals surface area contributed by atoms with Gasteiger partial charge >= 0.3 is 0 Å². The molecule has 3 aromatic rings. The maximum Gasteiger partial charge on any atom is 0.256 e. The highest BCUT2D eigenvalue weighted by Gasteiger charge is 2.48. The van der Waals surface area contributed by atoms with E-state index in [0.717, 1.165) is 24.9 Å². The Morgan fingerprint density at radius 3 is 2.73 bits per heavy atom. The van der Waals surface area contributed by atoms with Crippen molar-refractivity contribution in [3.8, 4) is 5.75 Å². The fourth-order valence-corrected chi connectivity index (χ4v) is 5.08. The lowest BCUT2D eigenvalue weighted by Gasteiger charge is -2.39. The number of halogens is 1. The van der Waals surface area contributed by atoms with Gasteiger partial charge in [0.1, 0.15) is 23.0 Å². The second kappa shape index (κ2) is 10.9. The smallest absolute Gasteiger partial charge is 0.256 e. The van der Waals surface area contributed by atoms with Crippen LogP contribution in [0.4, 0.5) is 11.8 Å². The summed E-state index contributed by atoms with van der Waals surface area (Å²) in [6.45, 7) is 1.37. The van der Waals surface area contributed by atoms with Crippen LogP contribution in [0.3, 0.4) is 0 Å². The Morgan fingerprint density at radius 1 is 1.22 bits per heavy atom. The van der Waals surface area contributed by atoms with Crippen molar-refractivity contribution >= 4 is 29.3 Å². The van der Waals surface area contributed by atoms with E-state index in [4.69, 9.17) is 21.3 Å². The Morgan fingerprint density at radius 2 is 2.03 bits per heavy atom. The number of amides is 1. The predicted molar refractivity (Wildman–Crippen MR) is 140 cm³/mol. The van der Waals surface area contributed by atoms with Crippen molar-refractivity contribution in [2.75, 3.05) is 30.5 Å². The minimum Gasteiger partial charge on any atom is -0.495 e. The van der Waals surface area contributed by atoms with Gasteiger partial charge in [0.15, 0.2) is 0 Å². The molecule has 11 heteroatoms. The quantitative estimate of drug-likeness (QED) is 0.387. The SMILES string of the molecule is COc1ccc(CNc2nc(N3CCC4(CC4)CC3CO)ncc2C(=O)NCc2ncccn2)cc1Cl. The zero-order chi connectivity index (χ0) is 25.8. The number of hydrogen-bond acceptors (Lipinski definition) is 9. The number of nitrogens with zero attached hydrogens (tertiary/aromatic N) is 5. The molecule has 2 aliphatic rings. The molecule has 1 saturated carbocycles. The molecule has 1 saturated heterocycles. The van der Waals surface area contributed by atoms with Gasteiger partial charge in [-0.15, -0.1) is 0 Å². The number of aromatic nitrogens is 4. The van der Waals surface area contributed by atoms with Crippen LogP contribution in [0.5, 0.6) is 5.75 Å². The van der Waals surface area contributed by atoms with Crippen molar-refractivity contribution < 1.29 is 14.6 Å². The van der Waals surface area contributed by atoms with Gasteiger partial charge in [-0.25, -0.2) is 15.0 Å². The van der Waals surface area contributed by atoms with Gasteiger partial charge in [-0.1, -0.05) is 17.7 Å². The Bertz CT molecular complexity index is 1260. The van der Waals surface area contributed by atoms with Crippen molar-refractivity contribution in [1.29, 1.82) is 0 Å². The number of methoxy groups -OCH3 is 1. The fraction of sp³-hybridized carbons (Fsp3) is 0.423. The number of carbonyl (C=O) groups is 1. The molecule has 2 fully saturated rings. The number of nitrogens with one attached hydrogen (secondary N) is 2. The number of benzene rings is 1. The number of aliphatic hydroxyl groups excluding tert-OH is 1. The second-order valence-electron chi connectivity index (χ2n) is 9.59. The monoisotopic (exact) mass is 523 g/mol. The zero-order valence-corrected chi connectivity index (χ0v) is 21.4. The Hall–Kier alpha value is -3.50. The number of hydrogen-bond donors (Lipinski definition) is 3. The maximum atomic E-state index is 13.1. The van der Waals surface area contributed by atoms with Crippen LogP contribution in [0.15, 0.2) is 42.9 Å². The summed E-state index contributed by atoms with van der Waals surface area (Å²) in [6.07, 6.45) is 9.21. The first-order chi connectivity index (χ1) is 18.0. The minimum atomic E-state index is -0.344. The normalized spacial score (nSPS) is 17.9. The summed E-state index contributed by atoms with van der Waals surface area (Å²) in [4.78, 5) is 32.7. The van der Waals surface area contributed by atoms with E-state index in [1.54, 1.807) is 31.6 Å². The highest BCUT2D eigenvalue weighted by atomic mass is 35.5. The van der Waals surface area contributed by atoms with Gasteiger partial charge in [-0.3, -0.25) is 4.79 Å². The van der Waals surface area contributed by atoms with E-state index in [1.165, 1.54) is 19.0 Å². The number of anilines is 2. The van der Waals surface area contributed by atoms with Gasteiger partial charge in [0, 0.05) is 31.7 Å². The summed E-state index contributed by atoms with van der Waals surface area (Å²) in [5.74, 6) is 1.64. The van der Waals surface area contributed by atoms with Crippen LogP contribution in [0.1, 0.15) is 47.4 Å². The van der Waals surface area contributed by atoms with Crippen LogP contribution < -0.4 is 20.3 Å². The van der Waals surface area contributed by atoms with Crippen molar-refractivity contribution in [2.24, 2.45) is 5.41 Å². The van der Waals surface area contributed by atoms with Gasteiger partial charge in [0.25, 0.3) is 5.91 Å². The summed E-state index contributed by atoms with van der Waals surface area (Å²) in [6, 6.07) is 7.18. The van der Waals surface area contributed by atoms with E-state index in [1.807, 2.05) is 12.1 Å². The predicted octanol–water partition coefficient (Wildman–Crippen LogP) is 3.21. The number of rotatable bonds is 9. The van der Waals surface area contributed by atoms with Crippen LogP contribution in [-0.4, -0.2) is 57.3 Å². The average molecular weight is 524 g/mol. The molecule has 1 unspecified atom stereocenters. The summed E-state index contributed by atoms with van der Waals surface area (Å²) in [5, 5.41) is 16.7. The van der Waals surface area contributed by atoms with Crippen molar-refractivity contribution in [3.63, 3.8) is 0 Å². The number of piperidine rings is 1. The molecule has 194 valence electrons. The van der Waals surface area contributed by atoms with E-state index in [2.05, 4.69) is 30.5 Å². The number of ether oxygens (including phenoxy) is 1. The van der Waals surface area contributed by atoms with E-state index >= 15 is 0 Å². The highest BCUT2D eigenvalue weighted by molar-refractivity contribution is 6.32. The molecule has 1 atom stereocenters. The zero-order valence-electron chi connectivity index (χ0n) is 20.7. The average Bonchev–Trinajstić information content (AvgIpc) is 3.69. The molecule has 1 aliphatic carbocycles. The van der Waals surface area contributed by atoms with Crippen molar-refractivity contribution in [3.05, 3.63) is 64.8 Å². The standard InChI is InChI=1S/C26H30ClN7O3/c1-37-21-4-3-17(11-20(21)27)13-30-23-19(24(36)31-15-22-28-8-2-9-29-22)14-32-25(33-23)34-10-7-26(5-6-26)12-18(34)16-35/h2-4,8-9,11,14,18,35H,5-7,10,12-13,15-16H2,1H3,(H,31,36)(H,30,32,33). The Kier molecular flexibility index (Phi) is 7.38. The summed E-state index contributed by atoms with van der Waals surface area (Å²) in [7, 11) is 1.57. The van der Waals surface area contributed by atoms with Crippen LogP contribution in [0.2, 0.25) is 5.02 Å². The van der Waals surface area contributed by atoms with Gasteiger partial charge < -0.3 is 25.4 Å². The first-order valence-corrected chi connectivity index (χ1v) is 12.7. The van der Waals surface area contributed by atoms with Gasteiger partial charge in [-0.2, -0.15) is 4.98 Å². The van der Waals surface area contributed by atoms with Gasteiger partial charge in [-0.05, 0) is 54.9 Å². The molecular formula is C26H30ClN7O3. The van der Waals surface area contributed by atoms with Crippen LogP contribution in [-0.2, 0) is 13.1 Å². The molecule has 0 radical (unpaired) electrons. The molecule has 10 nitrogen and oxygen atoms in total. The molecule has 3 heterocycles. The van der Waals surface area contributed by atoms with Crippen LogP contribution in [0, 0.1) is 5.41 Å². The third-order valence-corrected chi connectivity index (χ3v) is 7.44. The van der Waals surface area contributed by atoms with Crippen molar-refractivity contribution in [1.82, 2.24) is 25.3 Å². The molecule has 0 bridgehead atoms. The van der Waals surface area contributed by atoms with Crippen LogP contribution >= 0.6 is 11.6 Å². The maximum absolute atomic E-state index is 13.1. The fourth-order valence-electron chi connectivity index (χ4n) is 4.80. The molecule has 3 N–H and O–H groups in total. The van der Waals surface area contributed by atoms with E-state index in [0.29, 0.717) is 45.9 Å². The van der Waals surface area contributed by atoms with E-state index in [9.17, 15) is 9.90 Å². The third-order valence-electron chi connectivity index (χ3n) is 7.14.